The van der Waals surface area contributed by atoms with Gasteiger partial charge in [-0.1, -0.05) is 24.3 Å². The van der Waals surface area contributed by atoms with Crippen molar-refractivity contribution in [2.75, 3.05) is 18.4 Å². The van der Waals surface area contributed by atoms with Crippen molar-refractivity contribution in [3.8, 4) is 0 Å². The number of para-hydroxylation sites is 1. The first-order valence-electron chi connectivity index (χ1n) is 9.83. The van der Waals surface area contributed by atoms with E-state index in [0.717, 1.165) is 24.2 Å². The van der Waals surface area contributed by atoms with Crippen LogP contribution in [-0.2, 0) is 4.79 Å². The molecule has 0 bridgehead atoms. The molecule has 4 rings (SSSR count). The molecule has 150 valence electrons. The fourth-order valence-electron chi connectivity index (χ4n) is 3.65. The number of hydrogen-bond donors (Lipinski definition) is 2. The molecule has 0 aliphatic carbocycles. The number of nitrogens with one attached hydrogen (secondary N) is 2. The number of carbonyl (C=O) groups excluding carboxylic acids is 2. The lowest BCUT2D eigenvalue weighted by Gasteiger charge is -2.32. The molecule has 1 saturated heterocycles. The molecule has 2 N–H and O–H groups in total. The second-order valence-electron chi connectivity index (χ2n) is 7.30. The number of fused-ring (bicyclic) bond motifs is 1. The Balaban J connectivity index is 1.37. The van der Waals surface area contributed by atoms with Crippen molar-refractivity contribution in [1.29, 1.82) is 0 Å². The number of rotatable bonds is 4. The van der Waals surface area contributed by atoms with Gasteiger partial charge in [-0.3, -0.25) is 9.20 Å². The maximum absolute atomic E-state index is 12.8. The fraction of sp³-hybridized carbons (Fsp3) is 0.333. The van der Waals surface area contributed by atoms with E-state index in [1.807, 2.05) is 66.1 Å². The number of benzene rings is 1. The topological polar surface area (TPSA) is 91.6 Å². The largest absolute Gasteiger partial charge is 0.346 e. The van der Waals surface area contributed by atoms with Crippen LogP contribution in [0.25, 0.3) is 5.65 Å². The van der Waals surface area contributed by atoms with E-state index in [4.69, 9.17) is 0 Å². The third-order valence-electron chi connectivity index (χ3n) is 5.19. The van der Waals surface area contributed by atoms with Crippen molar-refractivity contribution in [3.05, 3.63) is 60.6 Å². The first kappa shape index (κ1) is 18.9. The molecule has 1 aliphatic heterocycles. The zero-order chi connectivity index (χ0) is 20.2. The molecule has 1 fully saturated rings. The molecule has 3 amide bonds. The predicted molar refractivity (Wildman–Crippen MR) is 109 cm³/mol. The van der Waals surface area contributed by atoms with E-state index >= 15 is 0 Å². The van der Waals surface area contributed by atoms with Crippen LogP contribution in [-0.4, -0.2) is 44.5 Å². The van der Waals surface area contributed by atoms with Crippen LogP contribution in [0.5, 0.6) is 0 Å². The minimum atomic E-state index is -0.284. The van der Waals surface area contributed by atoms with E-state index in [1.54, 1.807) is 4.90 Å². The van der Waals surface area contributed by atoms with Crippen LogP contribution in [0, 0.1) is 5.92 Å². The minimum absolute atomic E-state index is 0.0672. The summed E-state index contributed by atoms with van der Waals surface area (Å²) >= 11 is 0. The van der Waals surface area contributed by atoms with Crippen molar-refractivity contribution in [1.82, 2.24) is 24.8 Å². The van der Waals surface area contributed by atoms with Crippen LogP contribution in [0.3, 0.4) is 0 Å². The van der Waals surface area contributed by atoms with Gasteiger partial charge >= 0.3 is 6.03 Å². The second-order valence-corrected chi connectivity index (χ2v) is 7.30. The third-order valence-corrected chi connectivity index (χ3v) is 5.19. The van der Waals surface area contributed by atoms with Gasteiger partial charge in [0.15, 0.2) is 11.5 Å². The molecule has 29 heavy (non-hydrogen) atoms. The summed E-state index contributed by atoms with van der Waals surface area (Å²) in [7, 11) is 0. The van der Waals surface area contributed by atoms with Crippen LogP contribution >= 0.6 is 0 Å². The number of urea groups is 1. The van der Waals surface area contributed by atoms with E-state index in [0.29, 0.717) is 18.9 Å². The van der Waals surface area contributed by atoms with E-state index in [2.05, 4.69) is 20.8 Å². The van der Waals surface area contributed by atoms with Gasteiger partial charge in [-0.2, -0.15) is 0 Å². The summed E-state index contributed by atoms with van der Waals surface area (Å²) in [4.78, 5) is 27.1. The number of hydrogen-bond acceptors (Lipinski definition) is 4. The molecule has 1 aromatic carbocycles. The Bertz CT molecular complexity index is 1000. The number of carbonyl (C=O) groups is 2. The molecular formula is C21H24N6O2. The van der Waals surface area contributed by atoms with Gasteiger partial charge in [0, 0.05) is 25.0 Å². The Labute approximate surface area is 168 Å². The number of amides is 3. The van der Waals surface area contributed by atoms with Gasteiger partial charge in [0.05, 0.1) is 12.0 Å². The van der Waals surface area contributed by atoms with Crippen LogP contribution in [0.15, 0.2) is 54.7 Å². The van der Waals surface area contributed by atoms with Gasteiger partial charge in [-0.05, 0) is 44.0 Å². The van der Waals surface area contributed by atoms with Gasteiger partial charge in [0.1, 0.15) is 0 Å². The summed E-state index contributed by atoms with van der Waals surface area (Å²) in [5, 5.41) is 14.3. The van der Waals surface area contributed by atoms with Gasteiger partial charge in [0.2, 0.25) is 5.91 Å². The summed E-state index contributed by atoms with van der Waals surface area (Å²) in [5.41, 5.74) is 1.49. The number of likely N-dealkylation sites (tertiary alicyclic amines) is 1. The standard InChI is InChI=1S/C21H24N6O2/c1-15(19-25-24-18-11-5-6-13-27(18)19)22-20(28)16-8-7-12-26(14-16)21(29)23-17-9-3-2-4-10-17/h2-6,9-11,13,15-16H,7-8,12,14H2,1H3,(H,22,28)(H,23,29)/t15-,16-/m0/s1. The number of anilines is 1. The van der Waals surface area contributed by atoms with E-state index in [1.165, 1.54) is 0 Å². The average molecular weight is 392 g/mol. The highest BCUT2D eigenvalue weighted by atomic mass is 16.2. The molecule has 2 aromatic heterocycles. The second kappa shape index (κ2) is 8.30. The highest BCUT2D eigenvalue weighted by molar-refractivity contribution is 5.90. The lowest BCUT2D eigenvalue weighted by atomic mass is 9.97. The predicted octanol–water partition coefficient (Wildman–Crippen LogP) is 2.85. The van der Waals surface area contributed by atoms with E-state index < -0.39 is 0 Å². The molecule has 0 radical (unpaired) electrons. The molecule has 0 saturated carbocycles. The molecule has 0 unspecified atom stereocenters. The van der Waals surface area contributed by atoms with Crippen LogP contribution in [0.4, 0.5) is 10.5 Å². The Morgan fingerprint density at radius 2 is 1.90 bits per heavy atom. The monoisotopic (exact) mass is 392 g/mol. The van der Waals surface area contributed by atoms with Crippen molar-refractivity contribution < 1.29 is 9.59 Å². The molecule has 0 spiro atoms. The summed E-state index contributed by atoms with van der Waals surface area (Å²) < 4.78 is 1.87. The van der Waals surface area contributed by atoms with Crippen molar-refractivity contribution >= 4 is 23.3 Å². The molecule has 8 nitrogen and oxygen atoms in total. The molecule has 8 heteroatoms. The smallest absolute Gasteiger partial charge is 0.321 e. The minimum Gasteiger partial charge on any atom is -0.346 e. The molecule has 2 atom stereocenters. The lowest BCUT2D eigenvalue weighted by Crippen LogP contribution is -2.47. The first-order chi connectivity index (χ1) is 14.1. The van der Waals surface area contributed by atoms with E-state index in [9.17, 15) is 9.59 Å². The van der Waals surface area contributed by atoms with Crippen LogP contribution in [0.2, 0.25) is 0 Å². The number of piperidine rings is 1. The van der Waals surface area contributed by atoms with Crippen molar-refractivity contribution in [2.45, 2.75) is 25.8 Å². The SMILES string of the molecule is C[C@H](NC(=O)[C@H]1CCCN(C(=O)Nc2ccccc2)C1)c1nnc2ccccn12. The fourth-order valence-corrected chi connectivity index (χ4v) is 3.65. The Hall–Kier alpha value is -3.42. The number of nitrogens with zero attached hydrogens (tertiary/aromatic N) is 4. The maximum atomic E-state index is 12.8. The van der Waals surface area contributed by atoms with E-state index in [-0.39, 0.29) is 23.9 Å². The lowest BCUT2D eigenvalue weighted by molar-refractivity contribution is -0.127. The normalized spacial score (nSPS) is 17.7. The average Bonchev–Trinajstić information content (AvgIpc) is 3.19. The highest BCUT2D eigenvalue weighted by Gasteiger charge is 2.29. The van der Waals surface area contributed by atoms with Crippen LogP contribution in [0.1, 0.15) is 31.6 Å². The first-order valence-corrected chi connectivity index (χ1v) is 9.83. The molecule has 3 aromatic rings. The quantitative estimate of drug-likeness (QED) is 0.714. The highest BCUT2D eigenvalue weighted by Crippen LogP contribution is 2.20. The Morgan fingerprint density at radius 3 is 2.72 bits per heavy atom. The number of aromatic nitrogens is 3. The zero-order valence-corrected chi connectivity index (χ0v) is 16.3. The van der Waals surface area contributed by atoms with Crippen LogP contribution < -0.4 is 10.6 Å². The summed E-state index contributed by atoms with van der Waals surface area (Å²) in [6.45, 7) is 2.94. The van der Waals surface area contributed by atoms with Gasteiger partial charge in [0.25, 0.3) is 0 Å². The zero-order valence-electron chi connectivity index (χ0n) is 16.3. The van der Waals surface area contributed by atoms with Gasteiger partial charge < -0.3 is 15.5 Å². The molecular weight excluding hydrogens is 368 g/mol. The summed E-state index contributed by atoms with van der Waals surface area (Å²) in [6, 6.07) is 14.5. The van der Waals surface area contributed by atoms with Crippen molar-refractivity contribution in [3.63, 3.8) is 0 Å². The van der Waals surface area contributed by atoms with Crippen molar-refractivity contribution in [2.24, 2.45) is 5.92 Å². The maximum Gasteiger partial charge on any atom is 0.321 e. The van der Waals surface area contributed by atoms with Gasteiger partial charge in [-0.25, -0.2) is 4.79 Å². The van der Waals surface area contributed by atoms with Gasteiger partial charge in [-0.15, -0.1) is 10.2 Å². The molecule has 3 heterocycles. The Kier molecular flexibility index (Phi) is 5.41. The summed E-state index contributed by atoms with van der Waals surface area (Å²) in [5.74, 6) is 0.373. The summed E-state index contributed by atoms with van der Waals surface area (Å²) in [6.07, 6.45) is 3.43. The molecule has 1 aliphatic rings. The Morgan fingerprint density at radius 1 is 1.10 bits per heavy atom. The number of pyridine rings is 1. The third kappa shape index (κ3) is 4.21.